The molecule has 1 atom stereocenters. The second-order valence-corrected chi connectivity index (χ2v) is 6.10. The number of ether oxygens (including phenoxy) is 1. The number of aromatic amines is 1. The van der Waals surface area contributed by atoms with Crippen molar-refractivity contribution in [1.82, 2.24) is 15.3 Å². The van der Waals surface area contributed by atoms with E-state index in [1.54, 1.807) is 12.5 Å². The van der Waals surface area contributed by atoms with E-state index in [9.17, 15) is 4.79 Å². The number of carbonyl (C=O) groups excluding carboxylic acids is 1. The van der Waals surface area contributed by atoms with E-state index in [0.29, 0.717) is 26.0 Å². The molecular formula is C21H25Cl2N3O2. The molecule has 0 amide bonds. The number of aromatic nitrogens is 2. The number of imidazole rings is 1. The molecule has 0 spiro atoms. The van der Waals surface area contributed by atoms with Gasteiger partial charge in [0.2, 0.25) is 0 Å². The molecule has 0 unspecified atom stereocenters. The van der Waals surface area contributed by atoms with Gasteiger partial charge in [-0.25, -0.2) is 4.98 Å². The highest BCUT2D eigenvalue weighted by Gasteiger charge is 2.20. The van der Waals surface area contributed by atoms with Crippen LogP contribution in [0.25, 0.3) is 0 Å². The molecule has 28 heavy (non-hydrogen) atoms. The third kappa shape index (κ3) is 7.72. The molecule has 0 bridgehead atoms. The lowest BCUT2D eigenvalue weighted by atomic mass is 10.1. The van der Waals surface area contributed by atoms with E-state index in [-0.39, 0.29) is 30.8 Å². The Labute approximate surface area is 177 Å². The standard InChI is InChI=1S/C21H23N3O2.2ClH/c25-21(26-12-11-17-7-3-1-4-8-17)20(13-19-15-22-16-24-19)23-14-18-9-5-2-6-10-18;;/h1-10,15-16,20,23H,11-14H2,(H,22,24);2*1H/t20-;;/m0../s1. The van der Waals surface area contributed by atoms with Crippen LogP contribution in [0, 0.1) is 0 Å². The first kappa shape index (κ1) is 23.7. The van der Waals surface area contributed by atoms with Crippen LogP contribution in [0.5, 0.6) is 0 Å². The number of hydrogen-bond acceptors (Lipinski definition) is 4. The van der Waals surface area contributed by atoms with Gasteiger partial charge in [-0.3, -0.25) is 10.1 Å². The zero-order valence-electron chi connectivity index (χ0n) is 15.4. The number of H-pyrrole nitrogens is 1. The Hall–Kier alpha value is -2.34. The Morgan fingerprint density at radius 1 is 1.00 bits per heavy atom. The van der Waals surface area contributed by atoms with E-state index in [1.807, 2.05) is 60.7 Å². The third-order valence-electron chi connectivity index (χ3n) is 4.14. The first-order valence-electron chi connectivity index (χ1n) is 8.76. The van der Waals surface area contributed by atoms with Gasteiger partial charge >= 0.3 is 5.97 Å². The Kier molecular flexibility index (Phi) is 11.0. The van der Waals surface area contributed by atoms with Crippen LogP contribution in [-0.4, -0.2) is 28.6 Å². The van der Waals surface area contributed by atoms with Gasteiger partial charge in [-0.1, -0.05) is 60.7 Å². The Morgan fingerprint density at radius 3 is 2.25 bits per heavy atom. The van der Waals surface area contributed by atoms with Crippen molar-refractivity contribution in [1.29, 1.82) is 0 Å². The molecule has 3 aromatic rings. The number of nitrogens with zero attached hydrogens (tertiary/aromatic N) is 1. The second-order valence-electron chi connectivity index (χ2n) is 6.10. The highest BCUT2D eigenvalue weighted by Crippen LogP contribution is 2.05. The summed E-state index contributed by atoms with van der Waals surface area (Å²) >= 11 is 0. The monoisotopic (exact) mass is 421 g/mol. The van der Waals surface area contributed by atoms with Crippen molar-refractivity contribution in [2.24, 2.45) is 0 Å². The number of halogens is 2. The highest BCUT2D eigenvalue weighted by atomic mass is 35.5. The molecule has 0 saturated heterocycles. The molecule has 7 heteroatoms. The molecule has 0 saturated carbocycles. The quantitative estimate of drug-likeness (QED) is 0.516. The van der Waals surface area contributed by atoms with E-state index in [4.69, 9.17) is 4.74 Å². The highest BCUT2D eigenvalue weighted by molar-refractivity contribution is 5.85. The summed E-state index contributed by atoms with van der Waals surface area (Å²) in [5, 5.41) is 3.30. The third-order valence-corrected chi connectivity index (χ3v) is 4.14. The Morgan fingerprint density at radius 2 is 1.64 bits per heavy atom. The Bertz CT molecular complexity index is 784. The van der Waals surface area contributed by atoms with Gasteiger partial charge in [0.1, 0.15) is 6.04 Å². The van der Waals surface area contributed by atoms with Crippen LogP contribution >= 0.6 is 24.8 Å². The van der Waals surface area contributed by atoms with E-state index in [2.05, 4.69) is 15.3 Å². The maximum absolute atomic E-state index is 12.6. The summed E-state index contributed by atoms with van der Waals surface area (Å²) < 4.78 is 5.51. The predicted molar refractivity (Wildman–Crippen MR) is 115 cm³/mol. The van der Waals surface area contributed by atoms with Crippen molar-refractivity contribution in [3.63, 3.8) is 0 Å². The van der Waals surface area contributed by atoms with Gasteiger partial charge in [0.05, 0.1) is 12.9 Å². The molecule has 1 heterocycles. The number of rotatable bonds is 9. The average molecular weight is 422 g/mol. The molecule has 0 radical (unpaired) electrons. The summed E-state index contributed by atoms with van der Waals surface area (Å²) in [4.78, 5) is 19.6. The molecule has 5 nitrogen and oxygen atoms in total. The molecule has 0 fully saturated rings. The lowest BCUT2D eigenvalue weighted by molar-refractivity contribution is -0.146. The van der Waals surface area contributed by atoms with Crippen LogP contribution in [0.15, 0.2) is 73.2 Å². The summed E-state index contributed by atoms with van der Waals surface area (Å²) in [5.74, 6) is -0.244. The van der Waals surface area contributed by atoms with Gasteiger partial charge in [0.25, 0.3) is 0 Å². The molecule has 3 rings (SSSR count). The van der Waals surface area contributed by atoms with Gasteiger partial charge in [-0.15, -0.1) is 24.8 Å². The molecule has 2 aromatic carbocycles. The van der Waals surface area contributed by atoms with Crippen molar-refractivity contribution in [3.05, 3.63) is 90.0 Å². The summed E-state index contributed by atoms with van der Waals surface area (Å²) in [6, 6.07) is 19.6. The Balaban J connectivity index is 0.00000196. The average Bonchev–Trinajstić information content (AvgIpc) is 3.20. The van der Waals surface area contributed by atoms with Crippen molar-refractivity contribution in [2.45, 2.75) is 25.4 Å². The first-order valence-corrected chi connectivity index (χ1v) is 8.76. The van der Waals surface area contributed by atoms with Gasteiger partial charge < -0.3 is 9.72 Å². The molecule has 0 aliphatic carbocycles. The van der Waals surface area contributed by atoms with Crippen LogP contribution in [0.2, 0.25) is 0 Å². The minimum absolute atomic E-state index is 0. The fourth-order valence-electron chi connectivity index (χ4n) is 2.71. The van der Waals surface area contributed by atoms with Crippen molar-refractivity contribution >= 4 is 30.8 Å². The molecule has 150 valence electrons. The van der Waals surface area contributed by atoms with E-state index in [0.717, 1.165) is 16.8 Å². The van der Waals surface area contributed by atoms with Gasteiger partial charge in [0.15, 0.2) is 0 Å². The number of esters is 1. The van der Waals surface area contributed by atoms with Gasteiger partial charge in [-0.2, -0.15) is 0 Å². The van der Waals surface area contributed by atoms with Crippen LogP contribution in [0.1, 0.15) is 16.8 Å². The van der Waals surface area contributed by atoms with Crippen LogP contribution < -0.4 is 5.32 Å². The van der Waals surface area contributed by atoms with E-state index in [1.165, 1.54) is 0 Å². The zero-order valence-corrected chi connectivity index (χ0v) is 17.0. The largest absolute Gasteiger partial charge is 0.464 e. The normalized spacial score (nSPS) is 11.0. The number of carbonyl (C=O) groups is 1. The molecule has 1 aromatic heterocycles. The minimum atomic E-state index is -0.425. The fourth-order valence-corrected chi connectivity index (χ4v) is 2.71. The zero-order chi connectivity index (χ0) is 18.0. The summed E-state index contributed by atoms with van der Waals surface area (Å²) in [6.45, 7) is 0.975. The fraction of sp³-hybridized carbons (Fsp3) is 0.238. The number of benzene rings is 2. The predicted octanol–water partition coefficient (Wildman–Crippen LogP) is 3.74. The van der Waals surface area contributed by atoms with E-state index < -0.39 is 6.04 Å². The smallest absolute Gasteiger partial charge is 0.323 e. The van der Waals surface area contributed by atoms with Crippen molar-refractivity contribution < 1.29 is 9.53 Å². The van der Waals surface area contributed by atoms with Crippen LogP contribution in [0.4, 0.5) is 0 Å². The lowest BCUT2D eigenvalue weighted by Crippen LogP contribution is -2.39. The summed E-state index contributed by atoms with van der Waals surface area (Å²) in [7, 11) is 0. The van der Waals surface area contributed by atoms with E-state index >= 15 is 0 Å². The van der Waals surface area contributed by atoms with Crippen molar-refractivity contribution in [2.75, 3.05) is 6.61 Å². The molecular weight excluding hydrogens is 397 g/mol. The SMILES string of the molecule is Cl.Cl.O=C(OCCc1ccccc1)[C@H](Cc1cnc[nH]1)NCc1ccccc1. The number of hydrogen-bond donors (Lipinski definition) is 2. The van der Waals surface area contributed by atoms with Crippen LogP contribution in [-0.2, 0) is 28.9 Å². The molecule has 0 aliphatic rings. The number of nitrogens with one attached hydrogen (secondary N) is 2. The lowest BCUT2D eigenvalue weighted by Gasteiger charge is -2.17. The topological polar surface area (TPSA) is 67.0 Å². The van der Waals surface area contributed by atoms with Gasteiger partial charge in [0, 0.05) is 31.3 Å². The molecule has 0 aliphatic heterocycles. The maximum Gasteiger partial charge on any atom is 0.323 e. The second kappa shape index (κ2) is 12.9. The minimum Gasteiger partial charge on any atom is -0.464 e. The summed E-state index contributed by atoms with van der Waals surface area (Å²) in [5.41, 5.74) is 3.18. The molecule has 2 N–H and O–H groups in total. The first-order chi connectivity index (χ1) is 12.8. The summed E-state index contributed by atoms with van der Waals surface area (Å²) in [6.07, 6.45) is 4.57. The maximum atomic E-state index is 12.6. The van der Waals surface area contributed by atoms with Crippen molar-refractivity contribution in [3.8, 4) is 0 Å². The van der Waals surface area contributed by atoms with Gasteiger partial charge in [-0.05, 0) is 11.1 Å². The van der Waals surface area contributed by atoms with Crippen LogP contribution in [0.3, 0.4) is 0 Å².